The van der Waals surface area contributed by atoms with Crippen molar-refractivity contribution in [2.45, 2.75) is 17.4 Å². The summed E-state index contributed by atoms with van der Waals surface area (Å²) in [6.45, 7) is 0.238. The SMILES string of the molecule is COCCC(NC(=O)c1ccccc1SCC#N)C(=O)O. The maximum atomic E-state index is 12.2. The lowest BCUT2D eigenvalue weighted by Gasteiger charge is -2.15. The van der Waals surface area contributed by atoms with Crippen LogP contribution in [0.3, 0.4) is 0 Å². The Morgan fingerprint density at radius 1 is 1.48 bits per heavy atom. The lowest BCUT2D eigenvalue weighted by molar-refractivity contribution is -0.139. The van der Waals surface area contributed by atoms with E-state index in [1.165, 1.54) is 18.9 Å². The van der Waals surface area contributed by atoms with Gasteiger partial charge in [-0.2, -0.15) is 5.26 Å². The van der Waals surface area contributed by atoms with E-state index in [4.69, 9.17) is 15.1 Å². The average Bonchev–Trinajstić information content (AvgIpc) is 2.49. The Kier molecular flexibility index (Phi) is 7.29. The Bertz CT molecular complexity index is 542. The normalized spacial score (nSPS) is 11.4. The summed E-state index contributed by atoms with van der Waals surface area (Å²) in [5.41, 5.74) is 0.362. The van der Waals surface area contributed by atoms with E-state index in [9.17, 15) is 9.59 Å². The lowest BCUT2D eigenvalue weighted by Crippen LogP contribution is -2.41. The molecule has 6 nitrogen and oxygen atoms in total. The van der Waals surface area contributed by atoms with Crippen molar-refractivity contribution >= 4 is 23.6 Å². The van der Waals surface area contributed by atoms with Gasteiger partial charge < -0.3 is 15.2 Å². The maximum Gasteiger partial charge on any atom is 0.326 e. The molecule has 0 aliphatic heterocycles. The summed E-state index contributed by atoms with van der Waals surface area (Å²) in [6.07, 6.45) is 0.186. The molecule has 112 valence electrons. The highest BCUT2D eigenvalue weighted by atomic mass is 32.2. The van der Waals surface area contributed by atoms with E-state index in [1.807, 2.05) is 6.07 Å². The van der Waals surface area contributed by atoms with Crippen molar-refractivity contribution in [1.82, 2.24) is 5.32 Å². The zero-order chi connectivity index (χ0) is 15.7. The number of hydrogen-bond donors (Lipinski definition) is 2. The Hall–Kier alpha value is -2.04. The number of nitrogens with zero attached hydrogens (tertiary/aromatic N) is 1. The molecule has 0 saturated carbocycles. The zero-order valence-corrected chi connectivity index (χ0v) is 12.4. The van der Waals surface area contributed by atoms with Crippen LogP contribution in [0.5, 0.6) is 0 Å². The predicted molar refractivity (Wildman–Crippen MR) is 78.2 cm³/mol. The van der Waals surface area contributed by atoms with Gasteiger partial charge in [0.1, 0.15) is 6.04 Å². The number of methoxy groups -OCH3 is 1. The molecular formula is C14H16N2O4S. The highest BCUT2D eigenvalue weighted by Gasteiger charge is 2.21. The average molecular weight is 308 g/mol. The van der Waals surface area contributed by atoms with Gasteiger partial charge in [-0.1, -0.05) is 12.1 Å². The molecule has 1 amide bonds. The Labute approximate surface area is 127 Å². The number of carbonyl (C=O) groups is 2. The van der Waals surface area contributed by atoms with Gasteiger partial charge in [0.15, 0.2) is 0 Å². The van der Waals surface area contributed by atoms with Crippen LogP contribution in [-0.2, 0) is 9.53 Å². The minimum absolute atomic E-state index is 0.186. The number of carboxylic acid groups (broad SMARTS) is 1. The first-order chi connectivity index (χ1) is 10.1. The third kappa shape index (κ3) is 5.45. The summed E-state index contributed by atoms with van der Waals surface area (Å²) in [5, 5.41) is 20.2. The van der Waals surface area contributed by atoms with Crippen molar-refractivity contribution in [3.63, 3.8) is 0 Å². The van der Waals surface area contributed by atoms with Crippen LogP contribution in [0, 0.1) is 11.3 Å². The second-order valence-corrected chi connectivity index (χ2v) is 5.11. The van der Waals surface area contributed by atoms with Gasteiger partial charge in [-0.15, -0.1) is 11.8 Å². The molecule has 1 aromatic carbocycles. The van der Waals surface area contributed by atoms with E-state index in [0.717, 1.165) is 0 Å². The van der Waals surface area contributed by atoms with Gasteiger partial charge in [0, 0.05) is 25.0 Å². The summed E-state index contributed by atoms with van der Waals surface area (Å²) in [6, 6.07) is 7.76. The van der Waals surface area contributed by atoms with Gasteiger partial charge in [-0.3, -0.25) is 4.79 Å². The molecular weight excluding hydrogens is 292 g/mol. The highest BCUT2D eigenvalue weighted by molar-refractivity contribution is 7.99. The van der Waals surface area contributed by atoms with Crippen molar-refractivity contribution < 1.29 is 19.4 Å². The van der Waals surface area contributed by atoms with Crippen LogP contribution in [0.1, 0.15) is 16.8 Å². The fourth-order valence-corrected chi connectivity index (χ4v) is 2.33. The molecule has 7 heteroatoms. The van der Waals surface area contributed by atoms with E-state index < -0.39 is 17.9 Å². The molecule has 0 aliphatic carbocycles. The van der Waals surface area contributed by atoms with Gasteiger partial charge in [0.25, 0.3) is 5.91 Å². The largest absolute Gasteiger partial charge is 0.480 e. The van der Waals surface area contributed by atoms with Crippen LogP contribution < -0.4 is 5.32 Å². The summed E-state index contributed by atoms with van der Waals surface area (Å²) >= 11 is 1.23. The van der Waals surface area contributed by atoms with E-state index in [1.54, 1.807) is 24.3 Å². The zero-order valence-electron chi connectivity index (χ0n) is 11.5. The maximum absolute atomic E-state index is 12.2. The summed E-state index contributed by atoms with van der Waals surface area (Å²) < 4.78 is 4.83. The van der Waals surface area contributed by atoms with Crippen LogP contribution in [0.25, 0.3) is 0 Å². The fourth-order valence-electron chi connectivity index (χ4n) is 1.62. The first-order valence-corrected chi connectivity index (χ1v) is 7.20. The third-order valence-corrected chi connectivity index (χ3v) is 3.58. The van der Waals surface area contributed by atoms with Crippen molar-refractivity contribution in [3.8, 4) is 6.07 Å². The van der Waals surface area contributed by atoms with Crippen molar-refractivity contribution in [2.24, 2.45) is 0 Å². The number of nitriles is 1. The monoisotopic (exact) mass is 308 g/mol. The predicted octanol–water partition coefficient (Wildman–Crippen LogP) is 1.52. The van der Waals surface area contributed by atoms with Crippen LogP contribution in [0.4, 0.5) is 0 Å². The second kappa shape index (κ2) is 9.00. The van der Waals surface area contributed by atoms with Gasteiger partial charge in [-0.05, 0) is 12.1 Å². The number of nitrogens with one attached hydrogen (secondary N) is 1. The van der Waals surface area contributed by atoms with Crippen LogP contribution in [0.2, 0.25) is 0 Å². The number of benzene rings is 1. The van der Waals surface area contributed by atoms with Gasteiger partial charge in [-0.25, -0.2) is 4.79 Å². The number of ether oxygens (including phenoxy) is 1. The smallest absolute Gasteiger partial charge is 0.326 e. The molecule has 1 atom stereocenters. The minimum Gasteiger partial charge on any atom is -0.480 e. The minimum atomic E-state index is -1.11. The Morgan fingerprint density at radius 2 is 2.19 bits per heavy atom. The molecule has 0 aromatic heterocycles. The fraction of sp³-hybridized carbons (Fsp3) is 0.357. The third-order valence-electron chi connectivity index (χ3n) is 2.64. The molecule has 0 spiro atoms. The van der Waals surface area contributed by atoms with Gasteiger partial charge >= 0.3 is 5.97 Å². The van der Waals surface area contributed by atoms with E-state index in [2.05, 4.69) is 5.32 Å². The number of hydrogen-bond acceptors (Lipinski definition) is 5. The quantitative estimate of drug-likeness (QED) is 0.706. The number of carboxylic acids is 1. The van der Waals surface area contributed by atoms with Crippen LogP contribution in [-0.4, -0.2) is 42.5 Å². The molecule has 0 radical (unpaired) electrons. The first-order valence-electron chi connectivity index (χ1n) is 6.21. The van der Waals surface area contributed by atoms with Gasteiger partial charge in [0.05, 0.1) is 17.4 Å². The molecule has 0 heterocycles. The van der Waals surface area contributed by atoms with E-state index in [-0.39, 0.29) is 18.8 Å². The number of aliphatic carboxylic acids is 1. The molecule has 1 rings (SSSR count). The molecule has 0 bridgehead atoms. The van der Waals surface area contributed by atoms with Crippen LogP contribution >= 0.6 is 11.8 Å². The van der Waals surface area contributed by atoms with Gasteiger partial charge in [0.2, 0.25) is 0 Å². The molecule has 2 N–H and O–H groups in total. The molecule has 21 heavy (non-hydrogen) atoms. The first kappa shape index (κ1) is 17.0. The standard InChI is InChI=1S/C14H16N2O4S/c1-20-8-6-11(14(18)19)16-13(17)10-4-2-3-5-12(10)21-9-7-15/h2-5,11H,6,8-9H2,1H3,(H,16,17)(H,18,19). The second-order valence-electron chi connectivity index (χ2n) is 4.09. The summed E-state index contributed by atoms with van der Waals surface area (Å²) in [5.74, 6) is -1.36. The number of rotatable bonds is 8. The number of carbonyl (C=O) groups excluding carboxylic acids is 1. The topological polar surface area (TPSA) is 99.4 Å². The van der Waals surface area contributed by atoms with E-state index in [0.29, 0.717) is 10.5 Å². The summed E-state index contributed by atoms with van der Waals surface area (Å²) in [4.78, 5) is 24.0. The number of amides is 1. The Morgan fingerprint density at radius 3 is 2.81 bits per heavy atom. The number of thioether (sulfide) groups is 1. The molecule has 0 fully saturated rings. The molecule has 0 aliphatic rings. The molecule has 1 unspecified atom stereocenters. The molecule has 1 aromatic rings. The van der Waals surface area contributed by atoms with Crippen LogP contribution in [0.15, 0.2) is 29.2 Å². The van der Waals surface area contributed by atoms with E-state index >= 15 is 0 Å². The highest BCUT2D eigenvalue weighted by Crippen LogP contribution is 2.22. The molecule has 0 saturated heterocycles. The Balaban J connectivity index is 2.82. The van der Waals surface area contributed by atoms with Crippen molar-refractivity contribution in [2.75, 3.05) is 19.5 Å². The van der Waals surface area contributed by atoms with Crippen molar-refractivity contribution in [3.05, 3.63) is 29.8 Å². The van der Waals surface area contributed by atoms with Crippen molar-refractivity contribution in [1.29, 1.82) is 5.26 Å². The lowest BCUT2D eigenvalue weighted by atomic mass is 10.1. The summed E-state index contributed by atoms with van der Waals surface area (Å²) in [7, 11) is 1.47.